The van der Waals surface area contributed by atoms with E-state index in [1.807, 2.05) is 18.2 Å². The lowest BCUT2D eigenvalue weighted by molar-refractivity contribution is -0.384. The van der Waals surface area contributed by atoms with Crippen molar-refractivity contribution in [3.05, 3.63) is 40.6 Å². The van der Waals surface area contributed by atoms with Gasteiger partial charge in [0.2, 0.25) is 0 Å². The van der Waals surface area contributed by atoms with Gasteiger partial charge in [0.05, 0.1) is 16.5 Å². The maximum Gasteiger partial charge on any atom is 0.311 e. The third-order valence-electron chi connectivity index (χ3n) is 3.61. The molecule has 3 rings (SSSR count). The van der Waals surface area contributed by atoms with Gasteiger partial charge in [0, 0.05) is 11.9 Å². The molecular formula is C14H15N3O3. The number of anilines is 1. The second-order valence-corrected chi connectivity index (χ2v) is 5.08. The minimum Gasteiger partial charge on any atom is -0.391 e. The molecule has 1 aromatic carbocycles. The second kappa shape index (κ2) is 5.05. The first-order chi connectivity index (χ1) is 9.66. The Balaban J connectivity index is 1.96. The van der Waals surface area contributed by atoms with Crippen molar-refractivity contribution in [1.29, 1.82) is 0 Å². The molecule has 0 radical (unpaired) electrons. The first-order valence-electron chi connectivity index (χ1n) is 6.61. The zero-order chi connectivity index (χ0) is 14.1. The molecule has 1 aromatic heterocycles. The summed E-state index contributed by atoms with van der Waals surface area (Å²) < 4.78 is 0. The molecule has 1 unspecified atom stereocenters. The van der Waals surface area contributed by atoms with Crippen molar-refractivity contribution < 1.29 is 10.0 Å². The summed E-state index contributed by atoms with van der Waals surface area (Å²) in [4.78, 5) is 14.8. The normalized spacial score (nSPS) is 16.1. The van der Waals surface area contributed by atoms with Crippen molar-refractivity contribution in [3.63, 3.8) is 0 Å². The molecule has 0 aliphatic heterocycles. The van der Waals surface area contributed by atoms with Gasteiger partial charge >= 0.3 is 5.69 Å². The molecule has 0 spiro atoms. The summed E-state index contributed by atoms with van der Waals surface area (Å²) in [6.07, 6.45) is 2.86. The molecule has 6 nitrogen and oxygen atoms in total. The van der Waals surface area contributed by atoms with E-state index in [9.17, 15) is 15.2 Å². The van der Waals surface area contributed by atoms with Crippen molar-refractivity contribution in [3.8, 4) is 0 Å². The summed E-state index contributed by atoms with van der Waals surface area (Å²) in [5.41, 5.74) is 1.06. The molecule has 20 heavy (non-hydrogen) atoms. The van der Waals surface area contributed by atoms with Crippen LogP contribution in [0.5, 0.6) is 0 Å². The van der Waals surface area contributed by atoms with Gasteiger partial charge in [-0.25, -0.2) is 4.98 Å². The van der Waals surface area contributed by atoms with E-state index in [1.165, 1.54) is 6.20 Å². The summed E-state index contributed by atoms with van der Waals surface area (Å²) in [5, 5.41) is 24.7. The standard InChI is InChI=1S/C14H15N3O3/c18-13(9-5-6-9)8-16-14-10-3-1-2-4-11(10)15-7-12(14)17(19)20/h1-4,7,9,13,18H,5-6,8H2,(H,15,16). The van der Waals surface area contributed by atoms with E-state index in [-0.39, 0.29) is 5.69 Å². The lowest BCUT2D eigenvalue weighted by Gasteiger charge is -2.13. The number of aliphatic hydroxyl groups excluding tert-OH is 1. The lowest BCUT2D eigenvalue weighted by atomic mass is 10.1. The van der Waals surface area contributed by atoms with Gasteiger partial charge < -0.3 is 10.4 Å². The summed E-state index contributed by atoms with van der Waals surface area (Å²) >= 11 is 0. The van der Waals surface area contributed by atoms with Crippen LogP contribution in [-0.4, -0.2) is 27.7 Å². The molecule has 6 heteroatoms. The highest BCUT2D eigenvalue weighted by Crippen LogP contribution is 2.34. The van der Waals surface area contributed by atoms with E-state index in [4.69, 9.17) is 0 Å². The summed E-state index contributed by atoms with van der Waals surface area (Å²) in [6.45, 7) is 0.319. The number of aromatic nitrogens is 1. The van der Waals surface area contributed by atoms with E-state index in [1.54, 1.807) is 6.07 Å². The fourth-order valence-corrected chi connectivity index (χ4v) is 2.31. The van der Waals surface area contributed by atoms with E-state index < -0.39 is 11.0 Å². The monoisotopic (exact) mass is 273 g/mol. The fraction of sp³-hybridized carbons (Fsp3) is 0.357. The van der Waals surface area contributed by atoms with E-state index in [0.29, 0.717) is 29.1 Å². The predicted molar refractivity (Wildman–Crippen MR) is 75.6 cm³/mol. The number of fused-ring (bicyclic) bond motifs is 1. The molecule has 2 N–H and O–H groups in total. The van der Waals surface area contributed by atoms with Crippen LogP contribution in [0.2, 0.25) is 0 Å². The molecule has 0 amide bonds. The van der Waals surface area contributed by atoms with Gasteiger partial charge in [-0.15, -0.1) is 0 Å². The third kappa shape index (κ3) is 2.42. The first kappa shape index (κ1) is 12.8. The number of nitrogens with zero attached hydrogens (tertiary/aromatic N) is 2. The Kier molecular flexibility index (Phi) is 3.23. The smallest absolute Gasteiger partial charge is 0.311 e. The maximum atomic E-state index is 11.1. The van der Waals surface area contributed by atoms with Crippen molar-refractivity contribution in [2.45, 2.75) is 18.9 Å². The fourth-order valence-electron chi connectivity index (χ4n) is 2.31. The number of rotatable bonds is 5. The summed E-state index contributed by atoms with van der Waals surface area (Å²) in [6, 6.07) is 7.25. The molecule has 2 aromatic rings. The van der Waals surface area contributed by atoms with E-state index >= 15 is 0 Å². The van der Waals surface area contributed by atoms with Gasteiger partial charge in [-0.1, -0.05) is 18.2 Å². The highest BCUT2D eigenvalue weighted by molar-refractivity contribution is 5.95. The molecule has 1 atom stereocenters. The Bertz CT molecular complexity index is 655. The highest BCUT2D eigenvalue weighted by Gasteiger charge is 2.30. The van der Waals surface area contributed by atoms with Crippen LogP contribution in [0.1, 0.15) is 12.8 Å². The van der Waals surface area contributed by atoms with Crippen LogP contribution >= 0.6 is 0 Å². The Hall–Kier alpha value is -2.21. The molecule has 0 saturated heterocycles. The number of aliphatic hydroxyl groups is 1. The zero-order valence-corrected chi connectivity index (χ0v) is 10.8. The zero-order valence-electron chi connectivity index (χ0n) is 10.8. The quantitative estimate of drug-likeness (QED) is 0.644. The molecule has 1 fully saturated rings. The molecule has 1 aliphatic carbocycles. The molecule has 1 saturated carbocycles. The van der Waals surface area contributed by atoms with Crippen LogP contribution in [-0.2, 0) is 0 Å². The number of hydrogen-bond acceptors (Lipinski definition) is 5. The van der Waals surface area contributed by atoms with Crippen LogP contribution in [0.15, 0.2) is 30.5 Å². The number of nitrogens with one attached hydrogen (secondary N) is 1. The van der Waals surface area contributed by atoms with Crippen LogP contribution in [0, 0.1) is 16.0 Å². The molecule has 1 heterocycles. The minimum atomic E-state index is -0.457. The highest BCUT2D eigenvalue weighted by atomic mass is 16.6. The van der Waals surface area contributed by atoms with Crippen LogP contribution in [0.3, 0.4) is 0 Å². The van der Waals surface area contributed by atoms with Gasteiger partial charge in [-0.3, -0.25) is 10.1 Å². The number of pyridine rings is 1. The van der Waals surface area contributed by atoms with Crippen LogP contribution in [0.4, 0.5) is 11.4 Å². The van der Waals surface area contributed by atoms with Crippen molar-refractivity contribution >= 4 is 22.3 Å². The van der Waals surface area contributed by atoms with Crippen molar-refractivity contribution in [2.24, 2.45) is 5.92 Å². The minimum absolute atomic E-state index is 0.0632. The molecule has 1 aliphatic rings. The van der Waals surface area contributed by atoms with Gasteiger partial charge in [-0.2, -0.15) is 0 Å². The number of nitro groups is 1. The number of para-hydroxylation sites is 1. The van der Waals surface area contributed by atoms with Gasteiger partial charge in [-0.05, 0) is 24.8 Å². The first-order valence-corrected chi connectivity index (χ1v) is 6.61. The van der Waals surface area contributed by atoms with E-state index in [2.05, 4.69) is 10.3 Å². The van der Waals surface area contributed by atoms with Crippen LogP contribution < -0.4 is 5.32 Å². The Labute approximate surface area is 115 Å². The van der Waals surface area contributed by atoms with Crippen molar-refractivity contribution in [2.75, 3.05) is 11.9 Å². The third-order valence-corrected chi connectivity index (χ3v) is 3.61. The SMILES string of the molecule is O=[N+]([O-])c1cnc2ccccc2c1NCC(O)C1CC1. The number of benzene rings is 1. The largest absolute Gasteiger partial charge is 0.391 e. The topological polar surface area (TPSA) is 88.3 Å². The Morgan fingerprint density at radius 1 is 1.45 bits per heavy atom. The number of hydrogen-bond donors (Lipinski definition) is 2. The summed E-state index contributed by atoms with van der Waals surface area (Å²) in [7, 11) is 0. The predicted octanol–water partition coefficient (Wildman–Crippen LogP) is 2.33. The summed E-state index contributed by atoms with van der Waals surface area (Å²) in [5.74, 6) is 0.328. The van der Waals surface area contributed by atoms with E-state index in [0.717, 1.165) is 12.8 Å². The molecule has 0 bridgehead atoms. The Morgan fingerprint density at radius 3 is 2.90 bits per heavy atom. The van der Waals surface area contributed by atoms with Crippen LogP contribution in [0.25, 0.3) is 10.9 Å². The molecule has 104 valence electrons. The average Bonchev–Trinajstić information content (AvgIpc) is 3.28. The van der Waals surface area contributed by atoms with Gasteiger partial charge in [0.15, 0.2) is 0 Å². The maximum absolute atomic E-state index is 11.1. The molecular weight excluding hydrogens is 258 g/mol. The second-order valence-electron chi connectivity index (χ2n) is 5.08. The van der Waals surface area contributed by atoms with Gasteiger partial charge in [0.25, 0.3) is 0 Å². The van der Waals surface area contributed by atoms with Gasteiger partial charge in [0.1, 0.15) is 11.9 Å². The average molecular weight is 273 g/mol. The lowest BCUT2D eigenvalue weighted by Crippen LogP contribution is -2.21. The Morgan fingerprint density at radius 2 is 2.20 bits per heavy atom. The van der Waals surface area contributed by atoms with Crippen molar-refractivity contribution in [1.82, 2.24) is 4.98 Å².